The number of aromatic nitrogens is 1. The van der Waals surface area contributed by atoms with Gasteiger partial charge in [-0.15, -0.1) is 0 Å². The Bertz CT molecular complexity index is 450. The molecule has 0 spiro atoms. The minimum absolute atomic E-state index is 0.0718. The Kier molecular flexibility index (Phi) is 4.54. The van der Waals surface area contributed by atoms with Crippen LogP contribution in [0, 0.1) is 12.8 Å². The predicted molar refractivity (Wildman–Crippen MR) is 69.5 cm³/mol. The van der Waals surface area contributed by atoms with Gasteiger partial charge in [-0.25, -0.2) is 0 Å². The van der Waals surface area contributed by atoms with E-state index in [1.165, 1.54) is 0 Å². The van der Waals surface area contributed by atoms with Crippen LogP contribution in [0.1, 0.15) is 37.9 Å². The smallest absolute Gasteiger partial charge is 0.227 e. The van der Waals surface area contributed by atoms with Crippen LogP contribution in [0.4, 0.5) is 5.82 Å². The topological polar surface area (TPSA) is 84.2 Å². The number of amides is 2. The number of carbonyl (C=O) groups is 2. The van der Waals surface area contributed by atoms with Gasteiger partial charge in [0, 0.05) is 24.9 Å². The summed E-state index contributed by atoms with van der Waals surface area (Å²) < 4.78 is 4.84. The number of hydrogen-bond donors (Lipinski definition) is 2. The van der Waals surface area contributed by atoms with Crippen molar-refractivity contribution in [1.29, 1.82) is 0 Å². The van der Waals surface area contributed by atoms with Gasteiger partial charge in [0.25, 0.3) is 0 Å². The molecule has 0 radical (unpaired) electrons. The van der Waals surface area contributed by atoms with Gasteiger partial charge in [0.2, 0.25) is 11.8 Å². The maximum Gasteiger partial charge on any atom is 0.227 e. The first kappa shape index (κ1) is 13.6. The van der Waals surface area contributed by atoms with Gasteiger partial charge in [-0.1, -0.05) is 18.0 Å². The third-order valence-corrected chi connectivity index (χ3v) is 3.27. The van der Waals surface area contributed by atoms with Gasteiger partial charge in [0.05, 0.1) is 0 Å². The maximum absolute atomic E-state index is 11.7. The first-order chi connectivity index (χ1) is 9.15. The van der Waals surface area contributed by atoms with E-state index in [4.69, 9.17) is 4.52 Å². The molecule has 0 aromatic carbocycles. The van der Waals surface area contributed by atoms with Crippen LogP contribution in [-0.2, 0) is 9.59 Å². The average Bonchev–Trinajstić information content (AvgIpc) is 3.00. The Morgan fingerprint density at radius 1 is 1.42 bits per heavy atom. The molecule has 2 amide bonds. The van der Waals surface area contributed by atoms with E-state index in [-0.39, 0.29) is 24.2 Å². The summed E-state index contributed by atoms with van der Waals surface area (Å²) in [7, 11) is 0. The van der Waals surface area contributed by atoms with Gasteiger partial charge >= 0.3 is 0 Å². The molecule has 0 unspecified atom stereocenters. The molecule has 2 rings (SSSR count). The maximum atomic E-state index is 11.7. The third-order valence-electron chi connectivity index (χ3n) is 3.27. The number of anilines is 1. The molecule has 19 heavy (non-hydrogen) atoms. The summed E-state index contributed by atoms with van der Waals surface area (Å²) in [5, 5.41) is 9.08. The molecule has 0 atom stereocenters. The van der Waals surface area contributed by atoms with E-state index in [1.807, 2.05) is 0 Å². The Labute approximate surface area is 111 Å². The lowest BCUT2D eigenvalue weighted by Gasteiger charge is -2.09. The first-order valence-corrected chi connectivity index (χ1v) is 6.66. The van der Waals surface area contributed by atoms with Crippen LogP contribution in [-0.4, -0.2) is 23.5 Å². The lowest BCUT2D eigenvalue weighted by molar-refractivity contribution is -0.124. The summed E-state index contributed by atoms with van der Waals surface area (Å²) in [5.74, 6) is 1.08. The minimum Gasteiger partial charge on any atom is -0.360 e. The summed E-state index contributed by atoms with van der Waals surface area (Å²) >= 11 is 0. The van der Waals surface area contributed by atoms with Gasteiger partial charge in [0.1, 0.15) is 5.76 Å². The fraction of sp³-hybridized carbons (Fsp3) is 0.615. The molecule has 1 saturated carbocycles. The zero-order valence-electron chi connectivity index (χ0n) is 11.1. The van der Waals surface area contributed by atoms with Crippen LogP contribution in [0.3, 0.4) is 0 Å². The van der Waals surface area contributed by atoms with Gasteiger partial charge in [-0.2, -0.15) is 0 Å². The van der Waals surface area contributed by atoms with Gasteiger partial charge in [-0.05, 0) is 19.8 Å². The van der Waals surface area contributed by atoms with Crippen molar-refractivity contribution in [3.8, 4) is 0 Å². The second kappa shape index (κ2) is 6.36. The van der Waals surface area contributed by atoms with E-state index >= 15 is 0 Å². The summed E-state index contributed by atoms with van der Waals surface area (Å²) in [6, 6.07) is 1.65. The zero-order chi connectivity index (χ0) is 13.7. The van der Waals surface area contributed by atoms with E-state index < -0.39 is 0 Å². The summed E-state index contributed by atoms with van der Waals surface area (Å²) in [6.07, 6.45) is 4.44. The van der Waals surface area contributed by atoms with Gasteiger partial charge in [0.15, 0.2) is 5.82 Å². The molecule has 0 saturated heterocycles. The molecular formula is C13H19N3O3. The molecule has 104 valence electrons. The van der Waals surface area contributed by atoms with Gasteiger partial charge in [-0.3, -0.25) is 9.59 Å². The van der Waals surface area contributed by atoms with E-state index in [9.17, 15) is 9.59 Å². The highest BCUT2D eigenvalue weighted by Crippen LogP contribution is 2.24. The molecule has 1 aliphatic rings. The van der Waals surface area contributed by atoms with Crippen molar-refractivity contribution in [2.75, 3.05) is 11.9 Å². The van der Waals surface area contributed by atoms with Crippen LogP contribution in [0.5, 0.6) is 0 Å². The number of aryl methyl sites for hydroxylation is 1. The third kappa shape index (κ3) is 4.08. The number of nitrogens with one attached hydrogen (secondary N) is 2. The van der Waals surface area contributed by atoms with Crippen LogP contribution < -0.4 is 10.6 Å². The largest absolute Gasteiger partial charge is 0.360 e. The summed E-state index contributed by atoms with van der Waals surface area (Å²) in [6.45, 7) is 2.11. The normalized spacial score (nSPS) is 15.4. The Morgan fingerprint density at radius 3 is 2.79 bits per heavy atom. The molecule has 2 N–H and O–H groups in total. The second-order valence-corrected chi connectivity index (χ2v) is 4.89. The predicted octanol–water partition coefficient (Wildman–Crippen LogP) is 1.62. The first-order valence-electron chi connectivity index (χ1n) is 6.66. The molecule has 0 aliphatic heterocycles. The van der Waals surface area contributed by atoms with Crippen molar-refractivity contribution in [1.82, 2.24) is 10.5 Å². The standard InChI is InChI=1S/C13H19N3O3/c1-9-8-11(16-19-9)15-12(17)6-7-14-13(18)10-4-2-3-5-10/h8,10H,2-7H2,1H3,(H,14,18)(H,15,16,17). The Hall–Kier alpha value is -1.85. The van der Waals surface area contributed by atoms with E-state index in [2.05, 4.69) is 15.8 Å². The average molecular weight is 265 g/mol. The van der Waals surface area contributed by atoms with Crippen molar-refractivity contribution in [2.45, 2.75) is 39.0 Å². The van der Waals surface area contributed by atoms with E-state index in [0.717, 1.165) is 25.7 Å². The fourth-order valence-electron chi connectivity index (χ4n) is 2.26. The van der Waals surface area contributed by atoms with Crippen molar-refractivity contribution in [3.05, 3.63) is 11.8 Å². The van der Waals surface area contributed by atoms with Crippen LogP contribution in [0.15, 0.2) is 10.6 Å². The number of hydrogen-bond acceptors (Lipinski definition) is 4. The molecule has 6 nitrogen and oxygen atoms in total. The molecule has 1 aliphatic carbocycles. The Morgan fingerprint density at radius 2 is 2.16 bits per heavy atom. The SMILES string of the molecule is Cc1cc(NC(=O)CCNC(=O)C2CCCC2)no1. The number of carbonyl (C=O) groups excluding carboxylic acids is 2. The summed E-state index contributed by atoms with van der Waals surface area (Å²) in [4.78, 5) is 23.3. The molecule has 1 aromatic rings. The molecule has 1 aromatic heterocycles. The lowest BCUT2D eigenvalue weighted by atomic mass is 10.1. The number of rotatable bonds is 5. The monoisotopic (exact) mass is 265 g/mol. The van der Waals surface area contributed by atoms with E-state index in [1.54, 1.807) is 13.0 Å². The van der Waals surface area contributed by atoms with Gasteiger partial charge < -0.3 is 15.2 Å². The zero-order valence-corrected chi connectivity index (χ0v) is 11.1. The molecule has 1 fully saturated rings. The molecular weight excluding hydrogens is 246 g/mol. The van der Waals surface area contributed by atoms with Crippen molar-refractivity contribution in [2.24, 2.45) is 5.92 Å². The highest BCUT2D eigenvalue weighted by molar-refractivity contribution is 5.90. The number of nitrogens with zero attached hydrogens (tertiary/aromatic N) is 1. The van der Waals surface area contributed by atoms with Crippen molar-refractivity contribution in [3.63, 3.8) is 0 Å². The molecule has 1 heterocycles. The lowest BCUT2D eigenvalue weighted by Crippen LogP contribution is -2.32. The fourth-order valence-corrected chi connectivity index (χ4v) is 2.26. The minimum atomic E-state index is -0.181. The molecule has 6 heteroatoms. The quantitative estimate of drug-likeness (QED) is 0.847. The molecule has 0 bridgehead atoms. The van der Waals surface area contributed by atoms with E-state index in [0.29, 0.717) is 18.1 Å². The highest BCUT2D eigenvalue weighted by atomic mass is 16.5. The highest BCUT2D eigenvalue weighted by Gasteiger charge is 2.22. The van der Waals surface area contributed by atoms with Crippen molar-refractivity contribution < 1.29 is 14.1 Å². The Balaban J connectivity index is 1.65. The van der Waals surface area contributed by atoms with Crippen LogP contribution in [0.2, 0.25) is 0 Å². The van der Waals surface area contributed by atoms with Crippen LogP contribution in [0.25, 0.3) is 0 Å². The van der Waals surface area contributed by atoms with Crippen molar-refractivity contribution >= 4 is 17.6 Å². The second-order valence-electron chi connectivity index (χ2n) is 4.89. The summed E-state index contributed by atoms with van der Waals surface area (Å²) in [5.41, 5.74) is 0. The van der Waals surface area contributed by atoms with Crippen LogP contribution >= 0.6 is 0 Å².